The van der Waals surface area contributed by atoms with Crippen molar-refractivity contribution in [1.82, 2.24) is 5.01 Å². The van der Waals surface area contributed by atoms with Gasteiger partial charge in [0.05, 0.1) is 17.3 Å². The highest BCUT2D eigenvalue weighted by molar-refractivity contribution is 5.70. The molecule has 1 aromatic rings. The van der Waals surface area contributed by atoms with E-state index in [1.807, 2.05) is 6.07 Å². The summed E-state index contributed by atoms with van der Waals surface area (Å²) in [7, 11) is 1.51. The van der Waals surface area contributed by atoms with Crippen LogP contribution in [0.1, 0.15) is 26.3 Å². The van der Waals surface area contributed by atoms with Gasteiger partial charge in [0.1, 0.15) is 5.60 Å². The number of hydrazine groups is 2. The summed E-state index contributed by atoms with van der Waals surface area (Å²) in [6.07, 6.45) is -0.556. The molecule has 0 aliphatic heterocycles. The molecule has 0 saturated carbocycles. The molecule has 2 N–H and O–H groups in total. The number of benzene rings is 1. The molecule has 1 aromatic carbocycles. The Kier molecular flexibility index (Phi) is 4.35. The van der Waals surface area contributed by atoms with E-state index < -0.39 is 11.7 Å². The number of amides is 1. The SMILES string of the molecule is CN(C(=O)OC(C)(C)C)N(N)c1ccc(C#N)cc1. The number of hydrogen-bond acceptors (Lipinski definition) is 5. The van der Waals surface area contributed by atoms with Crippen molar-refractivity contribution in [3.63, 3.8) is 0 Å². The maximum absolute atomic E-state index is 11.8. The van der Waals surface area contributed by atoms with Crippen molar-refractivity contribution in [2.24, 2.45) is 5.84 Å². The second-order valence-corrected chi connectivity index (χ2v) is 5.01. The Morgan fingerprint density at radius 1 is 1.32 bits per heavy atom. The molecule has 0 aliphatic rings. The topological polar surface area (TPSA) is 82.6 Å². The summed E-state index contributed by atoms with van der Waals surface area (Å²) >= 11 is 0. The lowest BCUT2D eigenvalue weighted by Gasteiger charge is -2.31. The summed E-state index contributed by atoms with van der Waals surface area (Å²) in [5.74, 6) is 5.83. The van der Waals surface area contributed by atoms with Crippen molar-refractivity contribution in [3.8, 4) is 6.07 Å². The molecular weight excluding hydrogens is 244 g/mol. The number of hydrogen-bond donors (Lipinski definition) is 1. The van der Waals surface area contributed by atoms with Gasteiger partial charge in [-0.15, -0.1) is 0 Å². The van der Waals surface area contributed by atoms with E-state index in [0.717, 1.165) is 10.1 Å². The molecule has 6 heteroatoms. The van der Waals surface area contributed by atoms with E-state index in [0.29, 0.717) is 11.3 Å². The van der Waals surface area contributed by atoms with Gasteiger partial charge in [0.2, 0.25) is 0 Å². The predicted molar refractivity (Wildman–Crippen MR) is 71.8 cm³/mol. The number of nitriles is 1. The first kappa shape index (κ1) is 14.8. The van der Waals surface area contributed by atoms with Gasteiger partial charge < -0.3 is 4.74 Å². The third-order valence-corrected chi connectivity index (χ3v) is 2.24. The van der Waals surface area contributed by atoms with Crippen molar-refractivity contribution < 1.29 is 9.53 Å². The maximum atomic E-state index is 11.8. The van der Waals surface area contributed by atoms with Gasteiger partial charge in [-0.25, -0.2) is 20.8 Å². The number of anilines is 1. The van der Waals surface area contributed by atoms with Crippen LogP contribution in [-0.2, 0) is 4.74 Å². The molecule has 6 nitrogen and oxygen atoms in total. The van der Waals surface area contributed by atoms with Crippen LogP contribution in [-0.4, -0.2) is 23.8 Å². The van der Waals surface area contributed by atoms with Crippen LogP contribution in [0.5, 0.6) is 0 Å². The van der Waals surface area contributed by atoms with Gasteiger partial charge in [-0.05, 0) is 45.0 Å². The number of carbonyl (C=O) groups excluding carboxylic acids is 1. The van der Waals surface area contributed by atoms with Crippen LogP contribution in [0.3, 0.4) is 0 Å². The molecule has 0 heterocycles. The van der Waals surface area contributed by atoms with E-state index in [1.54, 1.807) is 45.0 Å². The molecule has 0 saturated heterocycles. The van der Waals surface area contributed by atoms with E-state index in [-0.39, 0.29) is 0 Å². The molecule has 0 radical (unpaired) electrons. The lowest BCUT2D eigenvalue weighted by Crippen LogP contribution is -2.50. The van der Waals surface area contributed by atoms with Crippen molar-refractivity contribution in [1.29, 1.82) is 5.26 Å². The second-order valence-electron chi connectivity index (χ2n) is 5.01. The summed E-state index contributed by atoms with van der Waals surface area (Å²) in [6, 6.07) is 8.56. The normalized spacial score (nSPS) is 10.5. The van der Waals surface area contributed by atoms with Crippen molar-refractivity contribution in [2.45, 2.75) is 26.4 Å². The molecular formula is C13H18N4O2. The van der Waals surface area contributed by atoms with E-state index >= 15 is 0 Å². The lowest BCUT2D eigenvalue weighted by atomic mass is 10.2. The number of carbonyl (C=O) groups is 1. The molecule has 1 rings (SSSR count). The minimum atomic E-state index is -0.586. The molecule has 102 valence electrons. The van der Waals surface area contributed by atoms with Crippen LogP contribution in [0.4, 0.5) is 10.5 Å². The highest BCUT2D eigenvalue weighted by Crippen LogP contribution is 2.15. The van der Waals surface area contributed by atoms with Crippen LogP contribution in [0.15, 0.2) is 24.3 Å². The Morgan fingerprint density at radius 2 is 1.84 bits per heavy atom. The summed E-state index contributed by atoms with van der Waals surface area (Å²) in [6.45, 7) is 5.34. The smallest absolute Gasteiger partial charge is 0.430 e. The fourth-order valence-electron chi connectivity index (χ4n) is 1.28. The third kappa shape index (κ3) is 4.16. The quantitative estimate of drug-likeness (QED) is 0.651. The molecule has 0 aliphatic carbocycles. The fraction of sp³-hybridized carbons (Fsp3) is 0.385. The zero-order valence-corrected chi connectivity index (χ0v) is 11.5. The van der Waals surface area contributed by atoms with Crippen molar-refractivity contribution >= 4 is 11.8 Å². The average Bonchev–Trinajstić information content (AvgIpc) is 2.35. The number of nitrogens with two attached hydrogens (primary N) is 1. The zero-order chi connectivity index (χ0) is 14.6. The summed E-state index contributed by atoms with van der Waals surface area (Å²) in [4.78, 5) is 11.8. The van der Waals surface area contributed by atoms with Crippen LogP contribution >= 0.6 is 0 Å². The third-order valence-electron chi connectivity index (χ3n) is 2.24. The van der Waals surface area contributed by atoms with Crippen molar-refractivity contribution in [3.05, 3.63) is 29.8 Å². The number of rotatable bonds is 2. The largest absolute Gasteiger partial charge is 0.442 e. The summed E-state index contributed by atoms with van der Waals surface area (Å²) in [5, 5.41) is 11.0. The summed E-state index contributed by atoms with van der Waals surface area (Å²) in [5.41, 5.74) is 0.515. The fourth-order valence-corrected chi connectivity index (χ4v) is 1.28. The Bertz CT molecular complexity index is 485. The summed E-state index contributed by atoms with van der Waals surface area (Å²) < 4.78 is 5.20. The second kappa shape index (κ2) is 5.59. The highest BCUT2D eigenvalue weighted by Gasteiger charge is 2.22. The van der Waals surface area contributed by atoms with Crippen LogP contribution in [0.25, 0.3) is 0 Å². The van der Waals surface area contributed by atoms with E-state index in [1.165, 1.54) is 7.05 Å². The van der Waals surface area contributed by atoms with Gasteiger partial charge in [0, 0.05) is 7.05 Å². The van der Waals surface area contributed by atoms with Crippen LogP contribution < -0.4 is 11.0 Å². The van der Waals surface area contributed by atoms with Gasteiger partial charge in [-0.3, -0.25) is 0 Å². The Morgan fingerprint density at radius 3 is 2.26 bits per heavy atom. The van der Waals surface area contributed by atoms with Gasteiger partial charge in [0.15, 0.2) is 0 Å². The number of ether oxygens (including phenoxy) is 1. The zero-order valence-electron chi connectivity index (χ0n) is 11.5. The Hall–Kier alpha value is -2.26. The van der Waals surface area contributed by atoms with Gasteiger partial charge in [-0.1, -0.05) is 0 Å². The van der Waals surface area contributed by atoms with E-state index in [9.17, 15) is 4.79 Å². The predicted octanol–water partition coefficient (Wildman–Crippen LogP) is 2.02. The van der Waals surface area contributed by atoms with Gasteiger partial charge >= 0.3 is 6.09 Å². The van der Waals surface area contributed by atoms with Crippen molar-refractivity contribution in [2.75, 3.05) is 12.2 Å². The monoisotopic (exact) mass is 262 g/mol. The first-order valence-electron chi connectivity index (χ1n) is 5.76. The molecule has 0 spiro atoms. The van der Waals surface area contributed by atoms with Gasteiger partial charge in [-0.2, -0.15) is 5.26 Å². The molecule has 1 amide bonds. The first-order valence-corrected chi connectivity index (χ1v) is 5.76. The van der Waals surface area contributed by atoms with Crippen LogP contribution in [0, 0.1) is 11.3 Å². The molecule has 0 unspecified atom stereocenters. The lowest BCUT2D eigenvalue weighted by molar-refractivity contribution is 0.0277. The highest BCUT2D eigenvalue weighted by atomic mass is 16.6. The molecule has 0 bridgehead atoms. The Labute approximate surface area is 112 Å². The Balaban J connectivity index is 2.78. The van der Waals surface area contributed by atoms with Crippen LogP contribution in [0.2, 0.25) is 0 Å². The molecule has 19 heavy (non-hydrogen) atoms. The minimum absolute atomic E-state index is 0.525. The molecule has 0 atom stereocenters. The standard InChI is InChI=1S/C13H18N4O2/c1-13(2,3)19-12(18)16(4)17(15)11-7-5-10(9-14)6-8-11/h5-8H,15H2,1-4H3. The van der Waals surface area contributed by atoms with Gasteiger partial charge in [0.25, 0.3) is 0 Å². The number of nitrogens with zero attached hydrogens (tertiary/aromatic N) is 3. The first-order chi connectivity index (χ1) is 8.74. The average molecular weight is 262 g/mol. The molecule has 0 aromatic heterocycles. The van der Waals surface area contributed by atoms with E-state index in [4.69, 9.17) is 15.8 Å². The maximum Gasteiger partial charge on any atom is 0.430 e. The molecule has 0 fully saturated rings. The van der Waals surface area contributed by atoms with E-state index in [2.05, 4.69) is 0 Å². The minimum Gasteiger partial charge on any atom is -0.442 e.